The number of carboxylic acid groups (broad SMARTS) is 1. The van der Waals surface area contributed by atoms with Crippen LogP contribution in [-0.2, 0) is 24.7 Å². The maximum atomic E-state index is 12.2. The average molecular weight is 321 g/mol. The van der Waals surface area contributed by atoms with Crippen LogP contribution in [0.15, 0.2) is 34.1 Å². The van der Waals surface area contributed by atoms with Gasteiger partial charge < -0.3 is 5.11 Å². The van der Waals surface area contributed by atoms with Crippen molar-refractivity contribution in [3.8, 4) is 0 Å². The highest BCUT2D eigenvalue weighted by Crippen LogP contribution is 2.18. The van der Waals surface area contributed by atoms with E-state index >= 15 is 0 Å². The first kappa shape index (κ1) is 16.6. The van der Waals surface area contributed by atoms with E-state index in [1.165, 1.54) is 25.2 Å². The van der Waals surface area contributed by atoms with Gasteiger partial charge in [-0.3, -0.25) is 4.79 Å². The van der Waals surface area contributed by atoms with Crippen molar-refractivity contribution in [2.75, 3.05) is 19.8 Å². The van der Waals surface area contributed by atoms with Crippen LogP contribution >= 0.6 is 0 Å². The van der Waals surface area contributed by atoms with Gasteiger partial charge in [-0.05, 0) is 18.2 Å². The van der Waals surface area contributed by atoms with Crippen molar-refractivity contribution in [2.24, 2.45) is 0 Å². The van der Waals surface area contributed by atoms with Crippen LogP contribution in [0.3, 0.4) is 0 Å². The lowest BCUT2D eigenvalue weighted by atomic mass is 10.4. The van der Waals surface area contributed by atoms with Gasteiger partial charge in [0.1, 0.15) is 0 Å². The second-order valence-corrected chi connectivity index (χ2v) is 8.28. The first-order chi connectivity index (χ1) is 9.05. The van der Waals surface area contributed by atoms with Gasteiger partial charge >= 0.3 is 5.97 Å². The van der Waals surface area contributed by atoms with Gasteiger partial charge in [-0.1, -0.05) is 6.07 Å². The molecule has 0 saturated heterocycles. The summed E-state index contributed by atoms with van der Waals surface area (Å²) in [6.45, 7) is -0.194. The minimum absolute atomic E-state index is 0.106. The van der Waals surface area contributed by atoms with Gasteiger partial charge in [0, 0.05) is 19.8 Å². The highest BCUT2D eigenvalue weighted by molar-refractivity contribution is 7.91. The zero-order chi connectivity index (χ0) is 15.6. The van der Waals surface area contributed by atoms with Crippen LogP contribution in [0.4, 0.5) is 0 Å². The van der Waals surface area contributed by atoms with Gasteiger partial charge in [0.05, 0.1) is 16.2 Å². The van der Waals surface area contributed by atoms with Crippen LogP contribution in [0.5, 0.6) is 0 Å². The molecule has 1 aromatic carbocycles. The molecular formula is C11H15NO6S2. The predicted octanol–water partition coefficient (Wildman–Crippen LogP) is 0.185. The summed E-state index contributed by atoms with van der Waals surface area (Å²) < 4.78 is 48.0. The molecule has 0 saturated carbocycles. The van der Waals surface area contributed by atoms with Crippen molar-refractivity contribution in [2.45, 2.75) is 16.2 Å². The Balaban J connectivity index is 3.13. The minimum atomic E-state index is -3.91. The molecule has 7 nitrogen and oxygen atoms in total. The highest BCUT2D eigenvalue weighted by Gasteiger charge is 2.22. The fourth-order valence-electron chi connectivity index (χ4n) is 1.42. The van der Waals surface area contributed by atoms with Crippen molar-refractivity contribution < 1.29 is 26.7 Å². The molecule has 0 aliphatic carbocycles. The number of rotatable bonds is 6. The third-order valence-electron chi connectivity index (χ3n) is 2.58. The Morgan fingerprint density at radius 3 is 2.25 bits per heavy atom. The van der Waals surface area contributed by atoms with Crippen molar-refractivity contribution in [1.82, 2.24) is 4.31 Å². The maximum Gasteiger partial charge on any atom is 0.304 e. The molecule has 0 aliphatic heterocycles. The Labute approximate surface area is 117 Å². The molecular weight excluding hydrogens is 306 g/mol. The molecule has 1 N–H and O–H groups in total. The number of aliphatic carboxylic acids is 1. The summed E-state index contributed by atoms with van der Waals surface area (Å²) in [5, 5.41) is 8.55. The quantitative estimate of drug-likeness (QED) is 0.801. The topological polar surface area (TPSA) is 109 Å². The van der Waals surface area contributed by atoms with Crippen LogP contribution in [0.1, 0.15) is 6.42 Å². The SMILES string of the molecule is CN(CCC(=O)O)S(=O)(=O)c1cccc(S(C)(=O)=O)c1. The Hall–Kier alpha value is -1.45. The minimum Gasteiger partial charge on any atom is -0.481 e. The van der Waals surface area contributed by atoms with Crippen molar-refractivity contribution >= 4 is 25.8 Å². The van der Waals surface area contributed by atoms with E-state index in [0.717, 1.165) is 16.6 Å². The molecule has 0 amide bonds. The standard InChI is InChI=1S/C11H15NO6S2/c1-12(7-6-11(13)14)20(17,18)10-5-3-4-9(8-10)19(2,15)16/h3-5,8H,6-7H2,1-2H3,(H,13,14). The van der Waals surface area contributed by atoms with E-state index in [9.17, 15) is 21.6 Å². The Morgan fingerprint density at radius 1 is 1.20 bits per heavy atom. The lowest BCUT2D eigenvalue weighted by molar-refractivity contribution is -0.137. The normalized spacial score (nSPS) is 12.6. The summed E-state index contributed by atoms with van der Waals surface area (Å²) in [5.74, 6) is -1.11. The average Bonchev–Trinajstić information content (AvgIpc) is 2.34. The third-order valence-corrected chi connectivity index (χ3v) is 5.55. The van der Waals surface area contributed by atoms with Gasteiger partial charge in [0.15, 0.2) is 9.84 Å². The molecule has 20 heavy (non-hydrogen) atoms. The van der Waals surface area contributed by atoms with E-state index in [4.69, 9.17) is 5.11 Å². The Kier molecular flexibility index (Phi) is 4.90. The number of carbonyl (C=O) groups is 1. The van der Waals surface area contributed by atoms with Crippen LogP contribution in [0, 0.1) is 0 Å². The van der Waals surface area contributed by atoms with E-state index in [-0.39, 0.29) is 22.8 Å². The fraction of sp³-hybridized carbons (Fsp3) is 0.364. The Morgan fingerprint density at radius 2 is 1.75 bits per heavy atom. The molecule has 0 unspecified atom stereocenters. The molecule has 1 aromatic rings. The molecule has 0 heterocycles. The molecule has 0 radical (unpaired) electrons. The summed E-state index contributed by atoms with van der Waals surface area (Å²) in [6, 6.07) is 4.95. The zero-order valence-electron chi connectivity index (χ0n) is 11.0. The van der Waals surface area contributed by atoms with E-state index in [1.807, 2.05) is 0 Å². The smallest absolute Gasteiger partial charge is 0.304 e. The number of hydrogen-bond donors (Lipinski definition) is 1. The largest absolute Gasteiger partial charge is 0.481 e. The van der Waals surface area contributed by atoms with Crippen LogP contribution in [0.2, 0.25) is 0 Å². The number of hydrogen-bond acceptors (Lipinski definition) is 5. The van der Waals surface area contributed by atoms with Crippen LogP contribution in [0.25, 0.3) is 0 Å². The second kappa shape index (κ2) is 5.90. The summed E-state index contributed by atoms with van der Waals surface area (Å²) in [4.78, 5) is 10.2. The number of nitrogens with zero attached hydrogens (tertiary/aromatic N) is 1. The zero-order valence-corrected chi connectivity index (χ0v) is 12.6. The molecule has 0 fully saturated rings. The maximum absolute atomic E-state index is 12.2. The lowest BCUT2D eigenvalue weighted by Gasteiger charge is -2.16. The molecule has 0 atom stereocenters. The number of benzene rings is 1. The van der Waals surface area contributed by atoms with Gasteiger partial charge in [-0.2, -0.15) is 0 Å². The first-order valence-electron chi connectivity index (χ1n) is 5.53. The van der Waals surface area contributed by atoms with Crippen molar-refractivity contribution in [3.63, 3.8) is 0 Å². The van der Waals surface area contributed by atoms with Gasteiger partial charge in [-0.25, -0.2) is 21.1 Å². The molecule has 0 aliphatic rings. The molecule has 1 rings (SSSR count). The van der Waals surface area contributed by atoms with Crippen molar-refractivity contribution in [1.29, 1.82) is 0 Å². The molecule has 0 aromatic heterocycles. The highest BCUT2D eigenvalue weighted by atomic mass is 32.2. The van der Waals surface area contributed by atoms with E-state index in [0.29, 0.717) is 0 Å². The molecule has 0 spiro atoms. The Bertz CT molecular complexity index is 708. The van der Waals surface area contributed by atoms with Crippen LogP contribution < -0.4 is 0 Å². The first-order valence-corrected chi connectivity index (χ1v) is 8.86. The molecule has 9 heteroatoms. The summed E-state index contributed by atoms with van der Waals surface area (Å²) >= 11 is 0. The molecule has 112 valence electrons. The summed E-state index contributed by atoms with van der Waals surface area (Å²) in [5.41, 5.74) is 0. The van der Waals surface area contributed by atoms with Crippen molar-refractivity contribution in [3.05, 3.63) is 24.3 Å². The number of sulfonamides is 1. The number of carboxylic acids is 1. The number of sulfone groups is 1. The van der Waals surface area contributed by atoms with Gasteiger partial charge in [0.2, 0.25) is 10.0 Å². The molecule has 0 bridgehead atoms. The van der Waals surface area contributed by atoms with Gasteiger partial charge in [-0.15, -0.1) is 0 Å². The summed E-state index contributed by atoms with van der Waals surface area (Å²) in [7, 11) is -6.18. The monoisotopic (exact) mass is 321 g/mol. The summed E-state index contributed by atoms with van der Waals surface area (Å²) in [6.07, 6.45) is 0.647. The van der Waals surface area contributed by atoms with Crippen LogP contribution in [-0.4, -0.2) is 52.1 Å². The van der Waals surface area contributed by atoms with E-state index < -0.39 is 25.8 Å². The fourth-order valence-corrected chi connectivity index (χ4v) is 3.38. The predicted molar refractivity (Wildman–Crippen MR) is 71.6 cm³/mol. The van der Waals surface area contributed by atoms with Gasteiger partial charge in [0.25, 0.3) is 0 Å². The van der Waals surface area contributed by atoms with E-state index in [2.05, 4.69) is 0 Å². The third kappa shape index (κ3) is 4.02. The lowest BCUT2D eigenvalue weighted by Crippen LogP contribution is -2.29. The van der Waals surface area contributed by atoms with E-state index in [1.54, 1.807) is 0 Å². The second-order valence-electron chi connectivity index (χ2n) is 4.22.